The van der Waals surface area contributed by atoms with Gasteiger partial charge in [0.05, 0.1) is 17.8 Å². The van der Waals surface area contributed by atoms with E-state index in [1.54, 1.807) is 27.7 Å². The molecule has 0 aromatic carbocycles. The average molecular weight is 431 g/mol. The van der Waals surface area contributed by atoms with Gasteiger partial charge < -0.3 is 24.1 Å². The molecule has 0 aromatic heterocycles. The van der Waals surface area contributed by atoms with E-state index in [4.69, 9.17) is 13.9 Å². The summed E-state index contributed by atoms with van der Waals surface area (Å²) in [5, 5.41) is 22.7. The first-order chi connectivity index (χ1) is 12.8. The van der Waals surface area contributed by atoms with Gasteiger partial charge in [-0.1, -0.05) is 27.7 Å². The van der Waals surface area contributed by atoms with Crippen molar-refractivity contribution in [3.05, 3.63) is 0 Å². The molecule has 2 aliphatic rings. The monoisotopic (exact) mass is 430 g/mol. The fourth-order valence-corrected chi connectivity index (χ4v) is 5.44. The van der Waals surface area contributed by atoms with Crippen molar-refractivity contribution in [2.24, 2.45) is 11.8 Å². The van der Waals surface area contributed by atoms with E-state index in [2.05, 4.69) is 33.9 Å². The van der Waals surface area contributed by atoms with E-state index in [1.807, 2.05) is 6.92 Å². The molecule has 2 bridgehead atoms. The smallest absolute Gasteiger partial charge is 0.315 e. The van der Waals surface area contributed by atoms with Crippen LogP contribution in [-0.4, -0.2) is 53.7 Å². The minimum Gasteiger partial charge on any atom is -0.460 e. The minimum absolute atomic E-state index is 0.00383. The number of hydrogen-bond donors (Lipinski definition) is 2. The molecule has 0 spiro atoms. The van der Waals surface area contributed by atoms with E-state index in [-0.39, 0.29) is 17.6 Å². The number of esters is 1. The normalized spacial score (nSPS) is 39.0. The Kier molecular flexibility index (Phi) is 6.49. The van der Waals surface area contributed by atoms with Gasteiger partial charge in [0.25, 0.3) is 0 Å². The summed E-state index contributed by atoms with van der Waals surface area (Å²) in [7, 11) is -2.13. The summed E-state index contributed by atoms with van der Waals surface area (Å²) >= 11 is 0. The van der Waals surface area contributed by atoms with Crippen molar-refractivity contribution in [3.8, 4) is 0 Å². The number of hydrogen-bond acceptors (Lipinski definition) is 6. The number of carbonyl (C=O) groups excluding carboxylic acids is 1. The third-order valence-corrected chi connectivity index (χ3v) is 11.6. The zero-order chi connectivity index (χ0) is 22.6. The van der Waals surface area contributed by atoms with Crippen LogP contribution in [0.5, 0.6) is 0 Å². The fourth-order valence-electron chi connectivity index (χ4n) is 4.01. The Morgan fingerprint density at radius 2 is 1.69 bits per heavy atom. The predicted octanol–water partition coefficient (Wildman–Crippen LogP) is 3.99. The molecule has 2 heterocycles. The molecule has 6 nitrogen and oxygen atoms in total. The molecular weight excluding hydrogens is 388 g/mol. The highest BCUT2D eigenvalue weighted by molar-refractivity contribution is 6.74. The van der Waals surface area contributed by atoms with Gasteiger partial charge in [-0.3, -0.25) is 4.79 Å². The van der Waals surface area contributed by atoms with E-state index in [0.29, 0.717) is 12.8 Å². The van der Waals surface area contributed by atoms with Crippen molar-refractivity contribution in [3.63, 3.8) is 0 Å². The summed E-state index contributed by atoms with van der Waals surface area (Å²) in [6.45, 7) is 19.9. The van der Waals surface area contributed by atoms with Crippen molar-refractivity contribution in [2.45, 2.75) is 122 Å². The SMILES string of the molecule is C[C@@H]1[C@@H](O[Si](C)(C)C(C)(C)C)CC[C@@](C)(O)[C@H]2C[C@@H](C(=O)OC(C)(C)C)[C@]1(O)O2. The number of rotatable bonds is 3. The second-order valence-electron chi connectivity index (χ2n) is 11.8. The molecule has 0 aromatic rings. The van der Waals surface area contributed by atoms with E-state index in [1.165, 1.54) is 0 Å². The topological polar surface area (TPSA) is 85.2 Å². The number of carbonyl (C=O) groups is 1. The Morgan fingerprint density at radius 1 is 1.14 bits per heavy atom. The van der Waals surface area contributed by atoms with Gasteiger partial charge in [0.2, 0.25) is 0 Å². The lowest BCUT2D eigenvalue weighted by molar-refractivity contribution is -0.283. The van der Waals surface area contributed by atoms with Gasteiger partial charge in [-0.05, 0) is 65.1 Å². The highest BCUT2D eigenvalue weighted by Crippen LogP contribution is 2.50. The van der Waals surface area contributed by atoms with Crippen LogP contribution < -0.4 is 0 Å². The highest BCUT2D eigenvalue weighted by atomic mass is 28.4. The van der Waals surface area contributed by atoms with Crippen LogP contribution in [0.15, 0.2) is 0 Å². The molecule has 29 heavy (non-hydrogen) atoms. The Labute approximate surface area is 177 Å². The molecule has 170 valence electrons. The van der Waals surface area contributed by atoms with Crippen LogP contribution in [0.1, 0.15) is 74.7 Å². The largest absolute Gasteiger partial charge is 0.460 e. The van der Waals surface area contributed by atoms with Crippen LogP contribution in [0.25, 0.3) is 0 Å². The number of ether oxygens (including phenoxy) is 2. The second-order valence-corrected chi connectivity index (χ2v) is 16.5. The van der Waals surface area contributed by atoms with Gasteiger partial charge >= 0.3 is 5.97 Å². The molecule has 7 heteroatoms. The molecule has 2 fully saturated rings. The van der Waals surface area contributed by atoms with Crippen molar-refractivity contribution in [2.75, 3.05) is 0 Å². The molecule has 0 unspecified atom stereocenters. The summed E-state index contributed by atoms with van der Waals surface area (Å²) in [5.41, 5.74) is -1.82. The molecular formula is C22H42O6Si. The maximum absolute atomic E-state index is 13.0. The zero-order valence-corrected chi connectivity index (χ0v) is 21.0. The predicted molar refractivity (Wildman–Crippen MR) is 115 cm³/mol. The summed E-state index contributed by atoms with van der Waals surface area (Å²) in [6, 6.07) is 0. The average Bonchev–Trinajstić information content (AvgIpc) is 2.88. The molecule has 2 saturated heterocycles. The van der Waals surface area contributed by atoms with Crippen molar-refractivity contribution >= 4 is 14.3 Å². The Hall–Kier alpha value is -0.473. The summed E-state index contributed by atoms with van der Waals surface area (Å²) in [6.07, 6.45) is 0.371. The first kappa shape index (κ1) is 24.8. The van der Waals surface area contributed by atoms with E-state index >= 15 is 0 Å². The molecule has 0 saturated carbocycles. The molecule has 0 amide bonds. The van der Waals surface area contributed by atoms with Crippen molar-refractivity contribution < 1.29 is 28.9 Å². The van der Waals surface area contributed by atoms with Crippen molar-refractivity contribution in [1.29, 1.82) is 0 Å². The van der Waals surface area contributed by atoms with Crippen LogP contribution >= 0.6 is 0 Å². The maximum atomic E-state index is 13.0. The van der Waals surface area contributed by atoms with E-state index in [0.717, 1.165) is 0 Å². The van der Waals surface area contributed by atoms with Gasteiger partial charge in [-0.15, -0.1) is 0 Å². The Morgan fingerprint density at radius 3 is 2.17 bits per heavy atom. The number of fused-ring (bicyclic) bond motifs is 2. The molecule has 2 rings (SSSR count). The van der Waals surface area contributed by atoms with Crippen LogP contribution in [0, 0.1) is 11.8 Å². The highest BCUT2D eigenvalue weighted by Gasteiger charge is 2.62. The lowest BCUT2D eigenvalue weighted by atomic mass is 9.83. The first-order valence-electron chi connectivity index (χ1n) is 10.8. The Balaban J connectivity index is 2.40. The molecule has 2 N–H and O–H groups in total. The van der Waals surface area contributed by atoms with Gasteiger partial charge in [-0.2, -0.15) is 0 Å². The number of aliphatic hydroxyl groups is 2. The third kappa shape index (κ3) is 5.06. The standard InChI is InChI=1S/C22H42O6Si/c1-14-16(28-29(9,10)20(5,6)7)11-12-21(8,24)17-13-15(22(14,25)26-17)18(23)27-19(2,3)4/h14-17,24-25H,11-13H2,1-10H3/t14-,15+,16+,17-,21-,22-/m1/s1. The van der Waals surface area contributed by atoms with Gasteiger partial charge in [0.15, 0.2) is 14.1 Å². The molecule has 6 atom stereocenters. The van der Waals surface area contributed by atoms with Crippen molar-refractivity contribution in [1.82, 2.24) is 0 Å². The van der Waals surface area contributed by atoms with E-state index < -0.39 is 49.2 Å². The van der Waals surface area contributed by atoms with Crippen LogP contribution in [0.2, 0.25) is 18.1 Å². The van der Waals surface area contributed by atoms with Gasteiger partial charge in [0.1, 0.15) is 11.5 Å². The fraction of sp³-hybridized carbons (Fsp3) is 0.955. The Bertz CT molecular complexity index is 618. The van der Waals surface area contributed by atoms with Gasteiger partial charge in [-0.25, -0.2) is 0 Å². The minimum atomic E-state index is -2.13. The lowest BCUT2D eigenvalue weighted by Gasteiger charge is -2.47. The van der Waals surface area contributed by atoms with E-state index in [9.17, 15) is 15.0 Å². The van der Waals surface area contributed by atoms with Crippen LogP contribution in [-0.2, 0) is 18.7 Å². The molecule has 2 aliphatic heterocycles. The molecule has 0 aliphatic carbocycles. The zero-order valence-electron chi connectivity index (χ0n) is 20.0. The third-order valence-electron chi connectivity index (χ3n) is 7.06. The van der Waals surface area contributed by atoms with Crippen LogP contribution in [0.3, 0.4) is 0 Å². The molecule has 0 radical (unpaired) electrons. The first-order valence-corrected chi connectivity index (χ1v) is 13.7. The second kappa shape index (κ2) is 7.59. The summed E-state index contributed by atoms with van der Waals surface area (Å²) in [5.74, 6) is -3.52. The maximum Gasteiger partial charge on any atom is 0.315 e. The summed E-state index contributed by atoms with van der Waals surface area (Å²) < 4.78 is 18.3. The summed E-state index contributed by atoms with van der Waals surface area (Å²) in [4.78, 5) is 13.0. The quantitative estimate of drug-likeness (QED) is 0.520. The lowest BCUT2D eigenvalue weighted by Crippen LogP contribution is -2.56. The van der Waals surface area contributed by atoms with Crippen LogP contribution in [0.4, 0.5) is 0 Å². The van der Waals surface area contributed by atoms with Gasteiger partial charge in [0, 0.05) is 5.92 Å².